The van der Waals surface area contributed by atoms with Crippen molar-refractivity contribution in [2.45, 2.75) is 6.92 Å². The lowest BCUT2D eigenvalue weighted by Crippen LogP contribution is -2.04. The van der Waals surface area contributed by atoms with Gasteiger partial charge < -0.3 is 11.1 Å². The maximum Gasteiger partial charge on any atom is 0.211 e. The molecule has 0 fully saturated rings. The molecule has 40 valence electrons. The van der Waals surface area contributed by atoms with Gasteiger partial charge >= 0.3 is 0 Å². The Bertz CT molecular complexity index is 83.7. The van der Waals surface area contributed by atoms with Crippen molar-refractivity contribution in [3.8, 4) is 0 Å². The molecule has 0 unspecified atom stereocenters. The van der Waals surface area contributed by atoms with Gasteiger partial charge in [0.05, 0.1) is 0 Å². The van der Waals surface area contributed by atoms with Crippen LogP contribution in [-0.4, -0.2) is 6.41 Å². The molecule has 0 spiro atoms. The van der Waals surface area contributed by atoms with Crippen LogP contribution in [0.3, 0.4) is 0 Å². The Morgan fingerprint density at radius 2 is 2.43 bits per heavy atom. The molecular formula is C4H8N2O. The van der Waals surface area contributed by atoms with E-state index in [1.165, 1.54) is 6.20 Å². The lowest BCUT2D eigenvalue weighted by Gasteiger charge is -1.84. The van der Waals surface area contributed by atoms with Gasteiger partial charge in [-0.3, -0.25) is 4.79 Å². The summed E-state index contributed by atoms with van der Waals surface area (Å²) in [5, 5.41) is 2.28. The van der Waals surface area contributed by atoms with Crippen LogP contribution in [-0.2, 0) is 4.79 Å². The molecule has 0 aromatic heterocycles. The van der Waals surface area contributed by atoms with Crippen molar-refractivity contribution in [3.05, 3.63) is 11.9 Å². The summed E-state index contributed by atoms with van der Waals surface area (Å²) in [7, 11) is 0. The Hall–Kier alpha value is -0.990. The van der Waals surface area contributed by atoms with Crippen LogP contribution in [0, 0.1) is 0 Å². The lowest BCUT2D eigenvalue weighted by atomic mass is 10.6. The average molecular weight is 100 g/mol. The molecule has 0 aromatic carbocycles. The predicted molar refractivity (Wildman–Crippen MR) is 27.1 cm³/mol. The molecule has 0 atom stereocenters. The van der Waals surface area contributed by atoms with Crippen LogP contribution in [0.15, 0.2) is 11.9 Å². The summed E-state index contributed by atoms with van der Waals surface area (Å²) >= 11 is 0. The molecule has 1 amide bonds. The van der Waals surface area contributed by atoms with E-state index in [0.29, 0.717) is 12.1 Å². The fourth-order valence-electron chi connectivity index (χ4n) is 0.165. The summed E-state index contributed by atoms with van der Waals surface area (Å²) in [5.74, 6) is 0. The van der Waals surface area contributed by atoms with Crippen molar-refractivity contribution in [3.63, 3.8) is 0 Å². The van der Waals surface area contributed by atoms with Crippen molar-refractivity contribution >= 4 is 6.41 Å². The lowest BCUT2D eigenvalue weighted by molar-refractivity contribution is -0.108. The summed E-state index contributed by atoms with van der Waals surface area (Å²) in [5.41, 5.74) is 5.71. The number of amides is 1. The molecule has 0 saturated heterocycles. The van der Waals surface area contributed by atoms with Crippen molar-refractivity contribution in [1.82, 2.24) is 5.32 Å². The van der Waals surface area contributed by atoms with Gasteiger partial charge in [-0.2, -0.15) is 0 Å². The topological polar surface area (TPSA) is 55.1 Å². The van der Waals surface area contributed by atoms with Crippen molar-refractivity contribution in [2.24, 2.45) is 5.73 Å². The quantitative estimate of drug-likeness (QED) is 0.462. The van der Waals surface area contributed by atoms with Crippen molar-refractivity contribution in [1.29, 1.82) is 0 Å². The van der Waals surface area contributed by atoms with Crippen LogP contribution in [0.4, 0.5) is 0 Å². The maximum atomic E-state index is 9.50. The minimum absolute atomic E-state index is 0.566. The Kier molecular flexibility index (Phi) is 2.76. The fourth-order valence-corrected chi connectivity index (χ4v) is 0.165. The van der Waals surface area contributed by atoms with E-state index in [9.17, 15) is 4.79 Å². The normalized spacial score (nSPS) is 10.7. The highest BCUT2D eigenvalue weighted by Crippen LogP contribution is 1.69. The number of rotatable bonds is 2. The van der Waals surface area contributed by atoms with Crippen LogP contribution < -0.4 is 11.1 Å². The maximum absolute atomic E-state index is 9.50. The molecule has 3 nitrogen and oxygen atoms in total. The van der Waals surface area contributed by atoms with Gasteiger partial charge in [0.1, 0.15) is 0 Å². The first-order valence-electron chi connectivity index (χ1n) is 1.89. The van der Waals surface area contributed by atoms with Gasteiger partial charge in [-0.15, -0.1) is 0 Å². The summed E-state index contributed by atoms with van der Waals surface area (Å²) in [6.07, 6.45) is 1.99. The molecule has 0 saturated carbocycles. The zero-order valence-corrected chi connectivity index (χ0v) is 4.14. The van der Waals surface area contributed by atoms with Gasteiger partial charge in [0, 0.05) is 11.9 Å². The fraction of sp³-hybridized carbons (Fsp3) is 0.250. The largest absolute Gasteiger partial charge is 0.401 e. The first-order valence-corrected chi connectivity index (χ1v) is 1.89. The molecule has 0 aliphatic carbocycles. The van der Waals surface area contributed by atoms with E-state index >= 15 is 0 Å². The Morgan fingerprint density at radius 3 is 2.57 bits per heavy atom. The highest BCUT2D eigenvalue weighted by Gasteiger charge is 1.69. The molecule has 3 heteroatoms. The van der Waals surface area contributed by atoms with E-state index in [0.717, 1.165) is 0 Å². The highest BCUT2D eigenvalue weighted by molar-refractivity contribution is 5.47. The second kappa shape index (κ2) is 3.21. The SMILES string of the molecule is CC(N)=CNC=O. The van der Waals surface area contributed by atoms with E-state index in [2.05, 4.69) is 5.32 Å². The monoisotopic (exact) mass is 100 g/mol. The molecule has 0 aliphatic rings. The number of nitrogens with one attached hydrogen (secondary N) is 1. The smallest absolute Gasteiger partial charge is 0.211 e. The number of hydrogen-bond acceptors (Lipinski definition) is 2. The minimum Gasteiger partial charge on any atom is -0.401 e. The number of hydrogen-bond donors (Lipinski definition) is 2. The molecule has 0 radical (unpaired) electrons. The van der Waals surface area contributed by atoms with Crippen LogP contribution in [0.2, 0.25) is 0 Å². The first kappa shape index (κ1) is 6.01. The number of allylic oxidation sites excluding steroid dienone is 1. The molecule has 0 rings (SSSR count). The Morgan fingerprint density at radius 1 is 1.86 bits per heavy atom. The van der Waals surface area contributed by atoms with Gasteiger partial charge in [-0.1, -0.05) is 0 Å². The summed E-state index contributed by atoms with van der Waals surface area (Å²) in [6.45, 7) is 1.69. The average Bonchev–Trinajstić information content (AvgIpc) is 1.61. The van der Waals surface area contributed by atoms with Crippen LogP contribution in [0.25, 0.3) is 0 Å². The summed E-state index contributed by atoms with van der Waals surface area (Å²) in [4.78, 5) is 9.50. The van der Waals surface area contributed by atoms with Gasteiger partial charge in [-0.05, 0) is 6.92 Å². The van der Waals surface area contributed by atoms with Crippen LogP contribution in [0.5, 0.6) is 0 Å². The number of carbonyl (C=O) groups excluding carboxylic acids is 1. The third-order valence-electron chi connectivity index (χ3n) is 0.379. The third kappa shape index (κ3) is 5.01. The molecule has 3 N–H and O–H groups in total. The van der Waals surface area contributed by atoms with E-state index in [4.69, 9.17) is 5.73 Å². The highest BCUT2D eigenvalue weighted by atomic mass is 16.1. The van der Waals surface area contributed by atoms with Crippen LogP contribution in [0.1, 0.15) is 6.92 Å². The van der Waals surface area contributed by atoms with Crippen molar-refractivity contribution < 1.29 is 4.79 Å². The van der Waals surface area contributed by atoms with E-state index in [1.54, 1.807) is 6.92 Å². The van der Waals surface area contributed by atoms with Gasteiger partial charge in [0.2, 0.25) is 6.41 Å². The van der Waals surface area contributed by atoms with E-state index in [-0.39, 0.29) is 0 Å². The molecule has 0 bridgehead atoms. The molecule has 0 aliphatic heterocycles. The van der Waals surface area contributed by atoms with Gasteiger partial charge in [0.25, 0.3) is 0 Å². The van der Waals surface area contributed by atoms with E-state index in [1.807, 2.05) is 0 Å². The molecule has 7 heavy (non-hydrogen) atoms. The second-order valence-electron chi connectivity index (χ2n) is 1.17. The minimum atomic E-state index is 0.566. The predicted octanol–water partition coefficient (Wildman–Crippen LogP) is -0.448. The molecular weight excluding hydrogens is 92.1 g/mol. The van der Waals surface area contributed by atoms with Crippen molar-refractivity contribution in [2.75, 3.05) is 0 Å². The van der Waals surface area contributed by atoms with Gasteiger partial charge in [0.15, 0.2) is 0 Å². The Labute approximate surface area is 42.2 Å². The number of carbonyl (C=O) groups is 1. The summed E-state index contributed by atoms with van der Waals surface area (Å²) in [6, 6.07) is 0. The molecule has 0 aromatic rings. The first-order chi connectivity index (χ1) is 3.27. The summed E-state index contributed by atoms with van der Waals surface area (Å²) < 4.78 is 0. The van der Waals surface area contributed by atoms with Gasteiger partial charge in [-0.25, -0.2) is 0 Å². The third-order valence-corrected chi connectivity index (χ3v) is 0.379. The van der Waals surface area contributed by atoms with Crippen LogP contribution >= 0.6 is 0 Å². The zero-order valence-electron chi connectivity index (χ0n) is 4.14. The second-order valence-corrected chi connectivity index (χ2v) is 1.17. The molecule has 0 heterocycles. The standard InChI is InChI=1S/C4H8N2O/c1-4(5)2-6-3-7/h2-3H,5H2,1H3,(H,6,7). The van der Waals surface area contributed by atoms with E-state index < -0.39 is 0 Å². The Balaban J connectivity index is 3.25. The zero-order chi connectivity index (χ0) is 5.70. The number of nitrogens with two attached hydrogens (primary N) is 1.